The number of morpholine rings is 1. The largest absolute Gasteiger partial charge is 0.394 e. The third-order valence-corrected chi connectivity index (χ3v) is 3.82. The predicted molar refractivity (Wildman–Crippen MR) is 77.4 cm³/mol. The summed E-state index contributed by atoms with van der Waals surface area (Å²) in [6.45, 7) is 6.76. The highest BCUT2D eigenvalue weighted by Crippen LogP contribution is 2.31. The number of nitrogens with zero attached hydrogens (tertiary/aromatic N) is 1. The number of hydrogen-bond acceptors (Lipinski definition) is 4. The molecule has 4 nitrogen and oxygen atoms in total. The molecule has 3 atom stereocenters. The summed E-state index contributed by atoms with van der Waals surface area (Å²) >= 11 is 0. The Labute approximate surface area is 119 Å². The minimum Gasteiger partial charge on any atom is -0.394 e. The summed E-state index contributed by atoms with van der Waals surface area (Å²) in [5.74, 6) is -0.235. The van der Waals surface area contributed by atoms with Crippen molar-refractivity contribution in [2.75, 3.05) is 24.7 Å². The lowest BCUT2D eigenvalue weighted by Crippen LogP contribution is -2.50. The highest BCUT2D eigenvalue weighted by atomic mass is 19.1. The number of aliphatic hydroxyl groups excluding tert-OH is 1. The van der Waals surface area contributed by atoms with Crippen molar-refractivity contribution in [2.24, 2.45) is 5.73 Å². The second kappa shape index (κ2) is 6.08. The van der Waals surface area contributed by atoms with E-state index in [2.05, 4.69) is 11.8 Å². The number of rotatable bonds is 3. The molecule has 1 heterocycles. The van der Waals surface area contributed by atoms with Crippen LogP contribution in [0.2, 0.25) is 0 Å². The SMILES string of the molecule is Cc1cc(N2CC(CO)OCC2C)c([C@H](C)N)cc1F. The number of hydrogen-bond donors (Lipinski definition) is 2. The first-order chi connectivity index (χ1) is 9.43. The van der Waals surface area contributed by atoms with Crippen molar-refractivity contribution in [1.82, 2.24) is 0 Å². The molecular formula is C15H23FN2O2. The van der Waals surface area contributed by atoms with E-state index in [4.69, 9.17) is 10.5 Å². The molecule has 1 saturated heterocycles. The quantitative estimate of drug-likeness (QED) is 0.886. The van der Waals surface area contributed by atoms with Gasteiger partial charge in [0, 0.05) is 24.3 Å². The second-order valence-electron chi connectivity index (χ2n) is 5.59. The molecule has 1 aromatic rings. The number of aryl methyl sites for hydroxylation is 1. The number of ether oxygens (including phenoxy) is 1. The van der Waals surface area contributed by atoms with Gasteiger partial charge in [-0.25, -0.2) is 4.39 Å². The van der Waals surface area contributed by atoms with Crippen LogP contribution in [0, 0.1) is 12.7 Å². The van der Waals surface area contributed by atoms with Crippen LogP contribution in [0.1, 0.15) is 31.0 Å². The van der Waals surface area contributed by atoms with E-state index >= 15 is 0 Å². The highest BCUT2D eigenvalue weighted by Gasteiger charge is 2.28. The van der Waals surface area contributed by atoms with E-state index in [0.717, 1.165) is 11.3 Å². The Morgan fingerprint density at radius 3 is 2.85 bits per heavy atom. The summed E-state index contributed by atoms with van der Waals surface area (Å²) in [5, 5.41) is 9.28. The molecule has 0 aromatic heterocycles. The lowest BCUT2D eigenvalue weighted by molar-refractivity contribution is -0.0104. The molecule has 2 rings (SSSR count). The Hall–Kier alpha value is -1.17. The van der Waals surface area contributed by atoms with E-state index in [-0.39, 0.29) is 30.6 Å². The first-order valence-corrected chi connectivity index (χ1v) is 6.98. The molecule has 0 radical (unpaired) electrons. The summed E-state index contributed by atoms with van der Waals surface area (Å²) in [6, 6.07) is 3.28. The molecule has 1 aromatic carbocycles. The van der Waals surface area contributed by atoms with Crippen molar-refractivity contribution in [2.45, 2.75) is 39.0 Å². The van der Waals surface area contributed by atoms with Crippen molar-refractivity contribution in [1.29, 1.82) is 0 Å². The third-order valence-electron chi connectivity index (χ3n) is 3.82. The fraction of sp³-hybridized carbons (Fsp3) is 0.600. The molecule has 112 valence electrons. The average Bonchev–Trinajstić information content (AvgIpc) is 2.42. The van der Waals surface area contributed by atoms with Crippen molar-refractivity contribution < 1.29 is 14.2 Å². The fourth-order valence-electron chi connectivity index (χ4n) is 2.56. The van der Waals surface area contributed by atoms with Gasteiger partial charge in [-0.1, -0.05) is 0 Å². The van der Waals surface area contributed by atoms with Crippen LogP contribution in [0.4, 0.5) is 10.1 Å². The maximum atomic E-state index is 13.8. The summed E-state index contributed by atoms with van der Waals surface area (Å²) < 4.78 is 19.3. The van der Waals surface area contributed by atoms with Crippen molar-refractivity contribution in [3.8, 4) is 0 Å². The van der Waals surface area contributed by atoms with Gasteiger partial charge in [-0.3, -0.25) is 0 Å². The molecule has 20 heavy (non-hydrogen) atoms. The van der Waals surface area contributed by atoms with Gasteiger partial charge in [0.2, 0.25) is 0 Å². The molecule has 0 saturated carbocycles. The minimum atomic E-state index is -0.247. The zero-order valence-corrected chi connectivity index (χ0v) is 12.3. The van der Waals surface area contributed by atoms with Gasteiger partial charge >= 0.3 is 0 Å². The molecule has 0 aliphatic carbocycles. The summed E-state index contributed by atoms with van der Waals surface area (Å²) in [6.07, 6.45) is -0.211. The molecule has 5 heteroatoms. The Morgan fingerprint density at radius 1 is 1.55 bits per heavy atom. The fourth-order valence-corrected chi connectivity index (χ4v) is 2.56. The van der Waals surface area contributed by atoms with Crippen LogP contribution in [0.5, 0.6) is 0 Å². The van der Waals surface area contributed by atoms with E-state index in [1.807, 2.05) is 13.0 Å². The van der Waals surface area contributed by atoms with Gasteiger partial charge in [-0.2, -0.15) is 0 Å². The molecule has 1 aliphatic rings. The number of nitrogens with two attached hydrogens (primary N) is 1. The Balaban J connectivity index is 2.41. The smallest absolute Gasteiger partial charge is 0.126 e. The standard InChI is InChI=1S/C15H23FN2O2/c1-9-4-15(13(11(3)17)5-14(9)16)18-6-12(7-19)20-8-10(18)2/h4-5,10-12,19H,6-8,17H2,1-3H3/t10?,11-,12?/m0/s1. The van der Waals surface area contributed by atoms with Gasteiger partial charge in [0.25, 0.3) is 0 Å². The molecule has 3 N–H and O–H groups in total. The van der Waals surface area contributed by atoms with Crippen LogP contribution in [0.15, 0.2) is 12.1 Å². The maximum absolute atomic E-state index is 13.8. The molecule has 1 fully saturated rings. The van der Waals surface area contributed by atoms with Crippen LogP contribution in [0.3, 0.4) is 0 Å². The number of halogens is 1. The van der Waals surface area contributed by atoms with Crippen LogP contribution in [0.25, 0.3) is 0 Å². The maximum Gasteiger partial charge on any atom is 0.126 e. The van der Waals surface area contributed by atoms with Gasteiger partial charge in [-0.15, -0.1) is 0 Å². The van der Waals surface area contributed by atoms with Gasteiger partial charge in [0.15, 0.2) is 0 Å². The normalized spacial score (nSPS) is 24.8. The van der Waals surface area contributed by atoms with E-state index in [0.29, 0.717) is 18.7 Å². The van der Waals surface area contributed by atoms with Crippen molar-refractivity contribution >= 4 is 5.69 Å². The van der Waals surface area contributed by atoms with E-state index in [1.54, 1.807) is 6.92 Å². The van der Waals surface area contributed by atoms with Crippen LogP contribution < -0.4 is 10.6 Å². The van der Waals surface area contributed by atoms with Gasteiger partial charge in [0.1, 0.15) is 5.82 Å². The van der Waals surface area contributed by atoms with Crippen molar-refractivity contribution in [3.63, 3.8) is 0 Å². The minimum absolute atomic E-state index is 0.0170. The topological polar surface area (TPSA) is 58.7 Å². The van der Waals surface area contributed by atoms with Gasteiger partial charge in [0.05, 0.1) is 19.3 Å². The third kappa shape index (κ3) is 2.95. The van der Waals surface area contributed by atoms with Crippen molar-refractivity contribution in [3.05, 3.63) is 29.1 Å². The summed E-state index contributed by atoms with van der Waals surface area (Å²) in [5.41, 5.74) is 8.31. The molecule has 1 aliphatic heterocycles. The number of aliphatic hydroxyl groups is 1. The van der Waals surface area contributed by atoms with Gasteiger partial charge < -0.3 is 20.5 Å². The molecule has 0 bridgehead atoms. The zero-order valence-electron chi connectivity index (χ0n) is 12.3. The molecular weight excluding hydrogens is 259 g/mol. The molecule has 0 amide bonds. The van der Waals surface area contributed by atoms with Crippen LogP contribution >= 0.6 is 0 Å². The Morgan fingerprint density at radius 2 is 2.25 bits per heavy atom. The monoisotopic (exact) mass is 282 g/mol. The number of benzene rings is 1. The average molecular weight is 282 g/mol. The summed E-state index contributed by atoms with van der Waals surface area (Å²) in [4.78, 5) is 2.15. The van der Waals surface area contributed by atoms with Crippen LogP contribution in [-0.2, 0) is 4.74 Å². The Bertz CT molecular complexity index is 479. The van der Waals surface area contributed by atoms with Gasteiger partial charge in [-0.05, 0) is 44.0 Å². The van der Waals surface area contributed by atoms with Crippen LogP contribution in [-0.4, -0.2) is 37.0 Å². The van der Waals surface area contributed by atoms with E-state index < -0.39 is 0 Å². The summed E-state index contributed by atoms with van der Waals surface area (Å²) in [7, 11) is 0. The van der Waals surface area contributed by atoms with E-state index in [9.17, 15) is 9.50 Å². The highest BCUT2D eigenvalue weighted by molar-refractivity contribution is 5.58. The second-order valence-corrected chi connectivity index (χ2v) is 5.59. The first-order valence-electron chi connectivity index (χ1n) is 6.98. The molecule has 0 spiro atoms. The Kier molecular flexibility index (Phi) is 4.62. The lowest BCUT2D eigenvalue weighted by Gasteiger charge is -2.40. The molecule has 2 unspecified atom stereocenters. The zero-order chi connectivity index (χ0) is 14.9. The number of anilines is 1. The first kappa shape index (κ1) is 15.2. The van der Waals surface area contributed by atoms with E-state index in [1.165, 1.54) is 6.07 Å². The lowest BCUT2D eigenvalue weighted by atomic mass is 10.0. The predicted octanol–water partition coefficient (Wildman–Crippen LogP) is 1.74.